The molecule has 0 saturated carbocycles. The van der Waals surface area contributed by atoms with Gasteiger partial charge in [-0.05, 0) is 37.9 Å². The summed E-state index contributed by atoms with van der Waals surface area (Å²) in [5.74, 6) is 0.0102. The van der Waals surface area contributed by atoms with E-state index in [-0.39, 0.29) is 23.8 Å². The van der Waals surface area contributed by atoms with E-state index in [4.69, 9.17) is 0 Å². The number of amides is 2. The van der Waals surface area contributed by atoms with Gasteiger partial charge < -0.3 is 15.1 Å². The van der Waals surface area contributed by atoms with Crippen molar-refractivity contribution in [3.05, 3.63) is 29.8 Å². The predicted octanol–water partition coefficient (Wildman–Crippen LogP) is 1.81. The summed E-state index contributed by atoms with van der Waals surface area (Å²) >= 11 is 0. The van der Waals surface area contributed by atoms with Crippen LogP contribution in [0.25, 0.3) is 0 Å². The third-order valence-corrected chi connectivity index (χ3v) is 5.24. The number of rotatable bonds is 5. The number of nitrogens with zero attached hydrogens (tertiary/aromatic N) is 2. The van der Waals surface area contributed by atoms with E-state index in [1.54, 1.807) is 0 Å². The van der Waals surface area contributed by atoms with Crippen molar-refractivity contribution in [2.75, 3.05) is 31.6 Å². The van der Waals surface area contributed by atoms with Gasteiger partial charge in [-0.25, -0.2) is 0 Å². The fourth-order valence-corrected chi connectivity index (χ4v) is 3.99. The molecule has 0 bridgehead atoms. The number of likely N-dealkylation sites (tertiary alicyclic amines) is 1. The van der Waals surface area contributed by atoms with Gasteiger partial charge in [0.05, 0.1) is 5.92 Å². The average molecular weight is 329 g/mol. The van der Waals surface area contributed by atoms with E-state index >= 15 is 0 Å². The lowest BCUT2D eigenvalue weighted by Crippen LogP contribution is -2.44. The van der Waals surface area contributed by atoms with E-state index in [9.17, 15) is 9.59 Å². The van der Waals surface area contributed by atoms with E-state index in [0.717, 1.165) is 43.6 Å². The van der Waals surface area contributed by atoms with Crippen molar-refractivity contribution in [3.8, 4) is 0 Å². The van der Waals surface area contributed by atoms with Gasteiger partial charge in [0, 0.05) is 37.8 Å². The van der Waals surface area contributed by atoms with Crippen molar-refractivity contribution in [2.45, 2.75) is 38.6 Å². The van der Waals surface area contributed by atoms with E-state index in [1.807, 2.05) is 35.0 Å². The first kappa shape index (κ1) is 17.0. The summed E-state index contributed by atoms with van der Waals surface area (Å²) in [6, 6.07) is 8.28. The number of nitrogens with one attached hydrogen (secondary N) is 1. The Labute approximate surface area is 144 Å². The molecule has 0 spiro atoms. The fourth-order valence-electron chi connectivity index (χ4n) is 3.99. The lowest BCUT2D eigenvalue weighted by molar-refractivity contribution is -0.136. The molecule has 3 rings (SSSR count). The first-order valence-corrected chi connectivity index (χ1v) is 8.99. The molecule has 1 aromatic carbocycles. The highest BCUT2D eigenvalue weighted by atomic mass is 16.2. The third kappa shape index (κ3) is 3.18. The van der Waals surface area contributed by atoms with Crippen molar-refractivity contribution in [1.29, 1.82) is 0 Å². The van der Waals surface area contributed by atoms with Crippen LogP contribution >= 0.6 is 0 Å². The molecule has 0 aromatic heterocycles. The van der Waals surface area contributed by atoms with Crippen molar-refractivity contribution in [1.82, 2.24) is 10.2 Å². The highest BCUT2D eigenvalue weighted by molar-refractivity contribution is 6.00. The molecule has 24 heavy (non-hydrogen) atoms. The van der Waals surface area contributed by atoms with Crippen molar-refractivity contribution in [3.63, 3.8) is 0 Å². The topological polar surface area (TPSA) is 52.7 Å². The van der Waals surface area contributed by atoms with Gasteiger partial charge in [0.2, 0.25) is 11.8 Å². The third-order valence-electron chi connectivity index (χ3n) is 5.24. The number of likely N-dealkylation sites (N-methyl/N-ethyl adjacent to an activating group) is 1. The van der Waals surface area contributed by atoms with Crippen molar-refractivity contribution < 1.29 is 9.59 Å². The fraction of sp³-hybridized carbons (Fsp3) is 0.579. The van der Waals surface area contributed by atoms with E-state index < -0.39 is 0 Å². The second-order valence-electron chi connectivity index (χ2n) is 6.77. The van der Waals surface area contributed by atoms with Gasteiger partial charge in [-0.3, -0.25) is 9.59 Å². The van der Waals surface area contributed by atoms with Crippen LogP contribution < -0.4 is 10.2 Å². The highest BCUT2D eigenvalue weighted by Crippen LogP contribution is 2.30. The minimum Gasteiger partial charge on any atom is -0.338 e. The number of benzene rings is 1. The van der Waals surface area contributed by atoms with E-state index in [2.05, 4.69) is 18.3 Å². The molecule has 130 valence electrons. The number of hydrogen-bond acceptors (Lipinski definition) is 3. The zero-order chi connectivity index (χ0) is 17.1. The normalized spacial score (nSPS) is 24.0. The van der Waals surface area contributed by atoms with E-state index in [1.165, 1.54) is 0 Å². The smallest absolute Gasteiger partial charge is 0.228 e. The number of aryl methyl sites for hydroxylation is 1. The SMILES string of the molecule is CCc1ccccc1N1CC(C(=O)N2CCCC2CNC)CC1=O. The minimum absolute atomic E-state index is 0.0682. The molecular formula is C19H27N3O2. The summed E-state index contributed by atoms with van der Waals surface area (Å²) in [6.07, 6.45) is 3.32. The lowest BCUT2D eigenvalue weighted by atomic mass is 10.1. The molecule has 2 heterocycles. The summed E-state index contributed by atoms with van der Waals surface area (Å²) in [7, 11) is 1.92. The molecule has 2 saturated heterocycles. The van der Waals surface area contributed by atoms with Gasteiger partial charge in [-0.1, -0.05) is 25.1 Å². The second-order valence-corrected chi connectivity index (χ2v) is 6.77. The van der Waals surface area contributed by atoms with Crippen LogP contribution in [0.4, 0.5) is 5.69 Å². The molecule has 0 aliphatic carbocycles. The number of hydrogen-bond donors (Lipinski definition) is 1. The summed E-state index contributed by atoms with van der Waals surface area (Å²) in [5, 5.41) is 3.17. The zero-order valence-corrected chi connectivity index (χ0v) is 14.6. The Morgan fingerprint density at radius 2 is 2.12 bits per heavy atom. The number of carbonyl (C=O) groups is 2. The molecule has 5 nitrogen and oxygen atoms in total. The molecule has 2 unspecified atom stereocenters. The van der Waals surface area contributed by atoms with E-state index in [0.29, 0.717) is 13.0 Å². The molecule has 1 aromatic rings. The average Bonchev–Trinajstić information content (AvgIpc) is 3.21. The molecule has 2 aliphatic rings. The Morgan fingerprint density at radius 3 is 2.88 bits per heavy atom. The lowest BCUT2D eigenvalue weighted by Gasteiger charge is -2.27. The number of carbonyl (C=O) groups excluding carboxylic acids is 2. The van der Waals surface area contributed by atoms with Gasteiger partial charge in [-0.2, -0.15) is 0 Å². The van der Waals surface area contributed by atoms with Gasteiger partial charge in [0.25, 0.3) is 0 Å². The molecule has 2 fully saturated rings. The maximum Gasteiger partial charge on any atom is 0.228 e. The molecule has 2 amide bonds. The highest BCUT2D eigenvalue weighted by Gasteiger charge is 2.40. The Morgan fingerprint density at radius 1 is 1.33 bits per heavy atom. The maximum absolute atomic E-state index is 12.9. The van der Waals surface area contributed by atoms with Gasteiger partial charge >= 0.3 is 0 Å². The van der Waals surface area contributed by atoms with Crippen LogP contribution in [-0.4, -0.2) is 49.4 Å². The second kappa shape index (κ2) is 7.34. The predicted molar refractivity (Wildman–Crippen MR) is 94.9 cm³/mol. The van der Waals surface area contributed by atoms with Gasteiger partial charge in [-0.15, -0.1) is 0 Å². The molecule has 2 atom stereocenters. The summed E-state index contributed by atoms with van der Waals surface area (Å²) < 4.78 is 0. The molecule has 5 heteroatoms. The molecule has 0 radical (unpaired) electrons. The molecule has 1 N–H and O–H groups in total. The quantitative estimate of drug-likeness (QED) is 0.896. The van der Waals surface area contributed by atoms with Crippen LogP contribution in [0.15, 0.2) is 24.3 Å². The minimum atomic E-state index is -0.208. The van der Waals surface area contributed by atoms with Crippen molar-refractivity contribution in [2.24, 2.45) is 5.92 Å². The Kier molecular flexibility index (Phi) is 5.19. The van der Waals surface area contributed by atoms with Gasteiger partial charge in [0.1, 0.15) is 0 Å². The van der Waals surface area contributed by atoms with Crippen LogP contribution in [0.2, 0.25) is 0 Å². The Bertz CT molecular complexity index is 616. The standard InChI is InChI=1S/C19H27N3O2/c1-3-14-7-4-5-9-17(14)22-13-15(11-18(22)23)19(24)21-10-6-8-16(21)12-20-2/h4-5,7,9,15-16,20H,3,6,8,10-13H2,1-2H3. The zero-order valence-electron chi connectivity index (χ0n) is 14.6. The first-order valence-electron chi connectivity index (χ1n) is 8.99. The number of anilines is 1. The molecular weight excluding hydrogens is 302 g/mol. The van der Waals surface area contributed by atoms with Crippen LogP contribution in [0.3, 0.4) is 0 Å². The van der Waals surface area contributed by atoms with Crippen LogP contribution in [0, 0.1) is 5.92 Å². The largest absolute Gasteiger partial charge is 0.338 e. The summed E-state index contributed by atoms with van der Waals surface area (Å²) in [6.45, 7) is 4.25. The Balaban J connectivity index is 1.73. The summed E-state index contributed by atoms with van der Waals surface area (Å²) in [4.78, 5) is 29.3. The molecule has 2 aliphatic heterocycles. The monoisotopic (exact) mass is 329 g/mol. The number of para-hydroxylation sites is 1. The first-order chi connectivity index (χ1) is 11.7. The van der Waals surface area contributed by atoms with Crippen molar-refractivity contribution >= 4 is 17.5 Å². The van der Waals surface area contributed by atoms with Crippen LogP contribution in [0.5, 0.6) is 0 Å². The summed E-state index contributed by atoms with van der Waals surface area (Å²) in [5.41, 5.74) is 2.13. The Hall–Kier alpha value is -1.88. The van der Waals surface area contributed by atoms with Gasteiger partial charge in [0.15, 0.2) is 0 Å². The van der Waals surface area contributed by atoms with Crippen LogP contribution in [0.1, 0.15) is 31.7 Å². The van der Waals surface area contributed by atoms with Crippen LogP contribution in [-0.2, 0) is 16.0 Å². The maximum atomic E-state index is 12.9.